The highest BCUT2D eigenvalue weighted by Gasteiger charge is 2.36. The third kappa shape index (κ3) is 21.8. The predicted octanol–water partition coefficient (Wildman–Crippen LogP) is -2.40. The minimum Gasteiger partial charge on any atom is -0.480 e. The Morgan fingerprint density at radius 2 is 0.972 bits per heavy atom. The van der Waals surface area contributed by atoms with Gasteiger partial charge in [-0.25, -0.2) is 4.79 Å². The Labute approximate surface area is 423 Å². The maximum Gasteiger partial charge on any atom is 0.326 e. The number of carboxylic acid groups (broad SMARTS) is 1. The second-order valence-corrected chi connectivity index (χ2v) is 18.7. The summed E-state index contributed by atoms with van der Waals surface area (Å²) in [6.45, 7) is 7.61. The van der Waals surface area contributed by atoms with Gasteiger partial charge in [0.05, 0.1) is 18.6 Å². The number of amides is 9. The van der Waals surface area contributed by atoms with Crippen LogP contribution in [0.1, 0.15) is 77.8 Å². The highest BCUT2D eigenvalue weighted by Crippen LogP contribution is 2.11. The summed E-state index contributed by atoms with van der Waals surface area (Å²) in [4.78, 5) is 133. The molecule has 0 aliphatic carbocycles. The van der Waals surface area contributed by atoms with Gasteiger partial charge < -0.3 is 69.9 Å². The van der Waals surface area contributed by atoms with Crippen LogP contribution < -0.4 is 59.7 Å². The van der Waals surface area contributed by atoms with Gasteiger partial charge in [-0.05, 0) is 75.6 Å². The summed E-state index contributed by atoms with van der Waals surface area (Å²) in [5.41, 5.74) is 18.2. The van der Waals surface area contributed by atoms with E-state index in [0.29, 0.717) is 42.7 Å². The number of primary amides is 1. The van der Waals surface area contributed by atoms with Crippen molar-refractivity contribution in [2.75, 3.05) is 18.6 Å². The van der Waals surface area contributed by atoms with Crippen LogP contribution in [0, 0.1) is 5.92 Å². The van der Waals surface area contributed by atoms with E-state index in [-0.39, 0.29) is 19.3 Å². The lowest BCUT2D eigenvalue weighted by molar-refractivity contribution is -0.143. The molecule has 9 amide bonds. The van der Waals surface area contributed by atoms with Gasteiger partial charge in [0.1, 0.15) is 48.3 Å². The molecular weight excluding hydrogens is 955 g/mol. The highest BCUT2D eigenvalue weighted by molar-refractivity contribution is 7.98. The Morgan fingerprint density at radius 1 is 0.542 bits per heavy atom. The molecule has 0 unspecified atom stereocenters. The van der Waals surface area contributed by atoms with Gasteiger partial charge in [-0.2, -0.15) is 11.8 Å². The monoisotopic (exact) mass is 1030 g/mol. The minimum absolute atomic E-state index is 0.0650. The number of carbonyl (C=O) groups excluding carboxylic acids is 9. The second-order valence-electron chi connectivity index (χ2n) is 17.7. The number of thioether (sulfide) groups is 1. The number of hydrogen-bond acceptors (Lipinski definition) is 14. The van der Waals surface area contributed by atoms with Gasteiger partial charge in [-0.3, -0.25) is 43.2 Å². The second kappa shape index (κ2) is 31.7. The van der Waals surface area contributed by atoms with E-state index in [4.69, 9.17) is 17.2 Å². The molecule has 0 saturated heterocycles. The zero-order valence-corrected chi connectivity index (χ0v) is 42.4. The molecule has 2 aromatic rings. The number of nitrogens with two attached hydrogens (primary N) is 3. The number of aliphatic hydroxyl groups is 1. The maximum absolute atomic E-state index is 14.2. The van der Waals surface area contributed by atoms with Crippen LogP contribution in [0.25, 0.3) is 0 Å². The first-order valence-corrected chi connectivity index (χ1v) is 25.0. The number of benzene rings is 2. The van der Waals surface area contributed by atoms with Crippen LogP contribution in [0.3, 0.4) is 0 Å². The molecule has 24 heteroatoms. The third-order valence-corrected chi connectivity index (χ3v) is 11.9. The minimum atomic E-state index is -1.72. The van der Waals surface area contributed by atoms with Crippen molar-refractivity contribution in [2.24, 2.45) is 23.1 Å². The number of nitrogens with one attached hydrogen (secondary N) is 8. The highest BCUT2D eigenvalue weighted by atomic mass is 32.2. The van der Waals surface area contributed by atoms with Crippen LogP contribution in [-0.2, 0) is 60.8 Å². The molecule has 0 aromatic heterocycles. The molecular formula is C48H73N11O12S. The molecule has 0 radical (unpaired) electrons. The van der Waals surface area contributed by atoms with Crippen LogP contribution in [0.2, 0.25) is 0 Å². The molecule has 0 saturated carbocycles. The van der Waals surface area contributed by atoms with Crippen LogP contribution >= 0.6 is 11.8 Å². The van der Waals surface area contributed by atoms with Crippen molar-refractivity contribution in [1.29, 1.82) is 0 Å². The van der Waals surface area contributed by atoms with E-state index in [1.54, 1.807) is 80.8 Å². The molecule has 16 N–H and O–H groups in total. The number of unbranched alkanes of at least 4 members (excludes halogenated alkanes) is 1. The molecule has 0 heterocycles. The molecule has 0 aliphatic heterocycles. The third-order valence-electron chi connectivity index (χ3n) is 11.2. The van der Waals surface area contributed by atoms with E-state index < -0.39 is 132 Å². The maximum atomic E-state index is 14.2. The van der Waals surface area contributed by atoms with Crippen molar-refractivity contribution >= 4 is 70.9 Å². The van der Waals surface area contributed by atoms with E-state index in [1.165, 1.54) is 32.5 Å². The standard InChI is InChI=1S/C48H73N11O12S/c1-26(2)38(58-40(62)27(3)52-42(64)32(50)19-13-14-21-49)46(68)57-35(24-31-17-11-8-12-18-31)44(66)56-36(25-37(51)61)45(67)55-34(23-30-15-9-7-10-16-30)43(65)53-28(4)41(63)59-39(29(5)60)47(69)54-33(48(70)71)20-22-72-6/h7-12,15-18,26-29,32-36,38-39,60H,13-14,19-25,49-50H2,1-6H3,(H2,51,61)(H,52,64)(H,53,65)(H,54,69)(H,55,67)(H,56,66)(H,57,68)(H,58,62)(H,59,63)(H,70,71)/t27-,28-,29+,32-,33-,34-,35-,36-,38-,39-/m0/s1. The van der Waals surface area contributed by atoms with E-state index in [9.17, 15) is 58.2 Å². The smallest absolute Gasteiger partial charge is 0.326 e. The number of aliphatic carboxylic acids is 1. The molecule has 2 rings (SSSR count). The van der Waals surface area contributed by atoms with Gasteiger partial charge in [-0.1, -0.05) is 80.9 Å². The van der Waals surface area contributed by atoms with Crippen LogP contribution in [-0.4, -0.2) is 148 Å². The Bertz CT molecular complexity index is 2140. The van der Waals surface area contributed by atoms with Gasteiger partial charge in [0, 0.05) is 12.8 Å². The molecule has 72 heavy (non-hydrogen) atoms. The van der Waals surface area contributed by atoms with Gasteiger partial charge in [0.2, 0.25) is 53.2 Å². The van der Waals surface area contributed by atoms with Crippen LogP contribution in [0.5, 0.6) is 0 Å². The number of aliphatic hydroxyl groups excluding tert-OH is 1. The Morgan fingerprint density at radius 3 is 1.43 bits per heavy atom. The molecule has 0 aliphatic rings. The largest absolute Gasteiger partial charge is 0.480 e. The summed E-state index contributed by atoms with van der Waals surface area (Å²) in [7, 11) is 0. The summed E-state index contributed by atoms with van der Waals surface area (Å²) in [6, 6.07) is 4.67. The van der Waals surface area contributed by atoms with Gasteiger partial charge in [-0.15, -0.1) is 0 Å². The van der Waals surface area contributed by atoms with Crippen LogP contribution in [0.15, 0.2) is 60.7 Å². The van der Waals surface area contributed by atoms with Crippen molar-refractivity contribution in [1.82, 2.24) is 42.5 Å². The Balaban J connectivity index is 2.37. The lowest BCUT2D eigenvalue weighted by Gasteiger charge is -2.28. The predicted molar refractivity (Wildman–Crippen MR) is 269 cm³/mol. The zero-order chi connectivity index (χ0) is 54.1. The van der Waals surface area contributed by atoms with Crippen molar-refractivity contribution < 1.29 is 58.2 Å². The molecule has 10 atom stereocenters. The van der Waals surface area contributed by atoms with Crippen LogP contribution in [0.4, 0.5) is 0 Å². The average Bonchev–Trinajstić information content (AvgIpc) is 3.32. The molecule has 2 aromatic carbocycles. The molecule has 0 bridgehead atoms. The summed E-state index contributed by atoms with van der Waals surface area (Å²) in [6.07, 6.45) is 0.871. The summed E-state index contributed by atoms with van der Waals surface area (Å²) < 4.78 is 0. The summed E-state index contributed by atoms with van der Waals surface area (Å²) >= 11 is 1.36. The molecule has 23 nitrogen and oxygen atoms in total. The molecule has 0 fully saturated rings. The fourth-order valence-corrected chi connectivity index (χ4v) is 7.46. The lowest BCUT2D eigenvalue weighted by atomic mass is 10.00. The lowest BCUT2D eigenvalue weighted by Crippen LogP contribution is -2.61. The SMILES string of the molecule is CSCC[C@H](NC(=O)[C@@H](NC(=O)[C@H](C)NC(=O)[C@H](Cc1ccccc1)NC(=O)[C@H](CC(N)=O)NC(=O)[C@H](Cc1ccccc1)NC(=O)[C@@H](NC(=O)[C@H](C)NC(=O)[C@@H](N)CCCCN)C(C)C)[C@@H](C)O)C(=O)O. The topological polar surface area (TPSA) is 385 Å². The molecule has 398 valence electrons. The summed E-state index contributed by atoms with van der Waals surface area (Å²) in [5.74, 6) is -9.42. The van der Waals surface area contributed by atoms with E-state index in [0.717, 1.165) is 0 Å². The van der Waals surface area contributed by atoms with Crippen molar-refractivity contribution in [3.63, 3.8) is 0 Å². The van der Waals surface area contributed by atoms with Gasteiger partial charge >= 0.3 is 5.97 Å². The first-order chi connectivity index (χ1) is 34.0. The summed E-state index contributed by atoms with van der Waals surface area (Å²) in [5, 5.41) is 39.9. The number of carbonyl (C=O) groups is 10. The fraction of sp³-hybridized carbons (Fsp3) is 0.542. The van der Waals surface area contributed by atoms with Gasteiger partial charge in [0.15, 0.2) is 0 Å². The Hall–Kier alpha value is -6.63. The molecule has 0 spiro atoms. The van der Waals surface area contributed by atoms with Crippen molar-refractivity contribution in [3.05, 3.63) is 71.8 Å². The zero-order valence-electron chi connectivity index (χ0n) is 41.6. The number of carboxylic acids is 1. The number of hydrogen-bond donors (Lipinski definition) is 13. The van der Waals surface area contributed by atoms with E-state index in [1.807, 2.05) is 0 Å². The van der Waals surface area contributed by atoms with Crippen molar-refractivity contribution in [2.45, 2.75) is 140 Å². The number of rotatable bonds is 32. The fourth-order valence-electron chi connectivity index (χ4n) is 6.99. The quantitative estimate of drug-likeness (QED) is 0.0340. The Kier molecular flexibility index (Phi) is 27.0. The van der Waals surface area contributed by atoms with E-state index >= 15 is 0 Å². The first-order valence-electron chi connectivity index (χ1n) is 23.6. The van der Waals surface area contributed by atoms with Crippen molar-refractivity contribution in [3.8, 4) is 0 Å². The van der Waals surface area contributed by atoms with E-state index in [2.05, 4.69) is 42.5 Å². The first kappa shape index (κ1) is 61.5. The normalized spacial score (nSPS) is 15.2. The average molecular weight is 1030 g/mol. The van der Waals surface area contributed by atoms with Gasteiger partial charge in [0.25, 0.3) is 0 Å².